The van der Waals surface area contributed by atoms with E-state index < -0.39 is 5.91 Å². The van der Waals surface area contributed by atoms with Gasteiger partial charge in [-0.15, -0.1) is 0 Å². The molecule has 0 fully saturated rings. The molecule has 1 heterocycles. The van der Waals surface area contributed by atoms with Crippen LogP contribution in [0.4, 0.5) is 5.82 Å². The Bertz CT molecular complexity index is 649. The third-order valence-electron chi connectivity index (χ3n) is 2.43. The van der Waals surface area contributed by atoms with Crippen LogP contribution in [-0.4, -0.2) is 15.7 Å². The molecule has 4 N–H and O–H groups in total. The van der Waals surface area contributed by atoms with E-state index in [4.69, 9.17) is 11.5 Å². The molecule has 1 aromatic carbocycles. The van der Waals surface area contributed by atoms with Gasteiger partial charge in [-0.3, -0.25) is 9.59 Å². The van der Waals surface area contributed by atoms with Crippen LogP contribution in [-0.2, 0) is 6.54 Å². The summed E-state index contributed by atoms with van der Waals surface area (Å²) in [5.74, 6) is -0.245. The van der Waals surface area contributed by atoms with Crippen molar-refractivity contribution in [2.75, 3.05) is 5.73 Å². The number of nitrogen functional groups attached to an aromatic ring is 1. The first-order chi connectivity index (χ1) is 8.56. The Morgan fingerprint density at radius 3 is 2.78 bits per heavy atom. The zero-order valence-electron chi connectivity index (χ0n) is 9.54. The summed E-state index contributed by atoms with van der Waals surface area (Å²) in [5.41, 5.74) is 11.6. The molecule has 0 bridgehead atoms. The second-order valence-electron chi connectivity index (χ2n) is 3.82. The number of anilines is 1. The van der Waals surface area contributed by atoms with Crippen LogP contribution in [0.15, 0.2) is 41.2 Å². The molecule has 0 aliphatic rings. The fourth-order valence-electron chi connectivity index (χ4n) is 1.57. The highest BCUT2D eigenvalue weighted by Crippen LogP contribution is 2.05. The lowest BCUT2D eigenvalue weighted by Gasteiger charge is -2.06. The van der Waals surface area contributed by atoms with Crippen LogP contribution >= 0.6 is 0 Å². The van der Waals surface area contributed by atoms with Gasteiger partial charge in [0.05, 0.1) is 6.54 Å². The summed E-state index contributed by atoms with van der Waals surface area (Å²) < 4.78 is 1.23. The van der Waals surface area contributed by atoms with E-state index in [1.54, 1.807) is 24.3 Å². The third-order valence-corrected chi connectivity index (χ3v) is 2.43. The van der Waals surface area contributed by atoms with E-state index in [-0.39, 0.29) is 17.9 Å². The topological polar surface area (TPSA) is 104 Å². The van der Waals surface area contributed by atoms with E-state index in [9.17, 15) is 9.59 Å². The highest BCUT2D eigenvalue weighted by atomic mass is 16.1. The van der Waals surface area contributed by atoms with Crippen molar-refractivity contribution in [2.24, 2.45) is 5.73 Å². The van der Waals surface area contributed by atoms with Gasteiger partial charge in [0.2, 0.25) is 5.91 Å². The van der Waals surface area contributed by atoms with Gasteiger partial charge in [0.1, 0.15) is 5.82 Å². The number of nitrogens with two attached hydrogens (primary N) is 2. The SMILES string of the molecule is NC(=O)c1cccc(Cn2nc(N)ccc2=O)c1. The number of aromatic nitrogens is 2. The summed E-state index contributed by atoms with van der Waals surface area (Å²) in [4.78, 5) is 22.6. The Morgan fingerprint density at radius 2 is 2.06 bits per heavy atom. The van der Waals surface area contributed by atoms with Gasteiger partial charge in [0.25, 0.3) is 5.56 Å². The van der Waals surface area contributed by atoms with Crippen LogP contribution in [0.3, 0.4) is 0 Å². The van der Waals surface area contributed by atoms with Gasteiger partial charge >= 0.3 is 0 Å². The molecule has 2 rings (SSSR count). The lowest BCUT2D eigenvalue weighted by molar-refractivity contribution is 0.1000. The normalized spacial score (nSPS) is 10.2. The number of rotatable bonds is 3. The molecule has 18 heavy (non-hydrogen) atoms. The van der Waals surface area contributed by atoms with Crippen LogP contribution in [0.25, 0.3) is 0 Å². The minimum atomic E-state index is -0.510. The maximum Gasteiger partial charge on any atom is 0.267 e. The zero-order chi connectivity index (χ0) is 13.1. The molecule has 0 unspecified atom stereocenters. The summed E-state index contributed by atoms with van der Waals surface area (Å²) in [6.45, 7) is 0.241. The van der Waals surface area contributed by atoms with Gasteiger partial charge in [-0.1, -0.05) is 12.1 Å². The van der Waals surface area contributed by atoms with Crippen molar-refractivity contribution in [1.29, 1.82) is 0 Å². The smallest absolute Gasteiger partial charge is 0.267 e. The molecular weight excluding hydrogens is 232 g/mol. The summed E-state index contributed by atoms with van der Waals surface area (Å²) in [6.07, 6.45) is 0. The predicted octanol–water partition coefficient (Wildman–Crippen LogP) is -0.0273. The summed E-state index contributed by atoms with van der Waals surface area (Å²) in [7, 11) is 0. The van der Waals surface area contributed by atoms with Crippen molar-refractivity contribution < 1.29 is 4.79 Å². The Kier molecular flexibility index (Phi) is 3.09. The van der Waals surface area contributed by atoms with E-state index in [1.807, 2.05) is 0 Å². The number of nitrogens with zero attached hydrogens (tertiary/aromatic N) is 2. The first-order valence-corrected chi connectivity index (χ1v) is 5.28. The molecule has 1 amide bonds. The molecular formula is C12H12N4O2. The minimum absolute atomic E-state index is 0.241. The molecule has 0 saturated heterocycles. The van der Waals surface area contributed by atoms with Crippen LogP contribution in [0.2, 0.25) is 0 Å². The van der Waals surface area contributed by atoms with Crippen molar-refractivity contribution in [3.63, 3.8) is 0 Å². The quantitative estimate of drug-likeness (QED) is 0.791. The molecule has 0 atom stereocenters. The van der Waals surface area contributed by atoms with Crippen molar-refractivity contribution in [3.05, 3.63) is 57.9 Å². The maximum absolute atomic E-state index is 11.5. The molecule has 92 valence electrons. The number of hydrogen-bond donors (Lipinski definition) is 2. The van der Waals surface area contributed by atoms with Crippen molar-refractivity contribution in [1.82, 2.24) is 9.78 Å². The molecule has 0 saturated carbocycles. The van der Waals surface area contributed by atoms with E-state index >= 15 is 0 Å². The number of amides is 1. The van der Waals surface area contributed by atoms with Crippen LogP contribution in [0, 0.1) is 0 Å². The Morgan fingerprint density at radius 1 is 1.28 bits per heavy atom. The Balaban J connectivity index is 2.34. The number of carbonyl (C=O) groups is 1. The second-order valence-corrected chi connectivity index (χ2v) is 3.82. The molecule has 0 aliphatic carbocycles. The van der Waals surface area contributed by atoms with Crippen LogP contribution in [0.5, 0.6) is 0 Å². The van der Waals surface area contributed by atoms with Crippen molar-refractivity contribution in [3.8, 4) is 0 Å². The lowest BCUT2D eigenvalue weighted by atomic mass is 10.1. The zero-order valence-corrected chi connectivity index (χ0v) is 9.54. The number of carbonyl (C=O) groups excluding carboxylic acids is 1. The van der Waals surface area contributed by atoms with Gasteiger partial charge in [0, 0.05) is 11.6 Å². The highest BCUT2D eigenvalue weighted by Gasteiger charge is 2.04. The van der Waals surface area contributed by atoms with Gasteiger partial charge in [-0.05, 0) is 23.8 Å². The monoisotopic (exact) mass is 244 g/mol. The van der Waals surface area contributed by atoms with E-state index in [2.05, 4.69) is 5.10 Å². The first-order valence-electron chi connectivity index (χ1n) is 5.28. The summed E-state index contributed by atoms with van der Waals surface area (Å²) >= 11 is 0. The average Bonchev–Trinajstić information content (AvgIpc) is 2.34. The predicted molar refractivity (Wildman–Crippen MR) is 67.0 cm³/mol. The largest absolute Gasteiger partial charge is 0.382 e. The fraction of sp³-hybridized carbons (Fsp3) is 0.0833. The highest BCUT2D eigenvalue weighted by molar-refractivity contribution is 5.92. The Labute approximate surface area is 103 Å². The van der Waals surface area contributed by atoms with Gasteiger partial charge in [-0.2, -0.15) is 5.10 Å². The molecule has 0 aliphatic heterocycles. The molecule has 6 nitrogen and oxygen atoms in total. The van der Waals surface area contributed by atoms with Crippen LogP contribution < -0.4 is 17.0 Å². The van der Waals surface area contributed by atoms with Crippen molar-refractivity contribution in [2.45, 2.75) is 6.54 Å². The summed E-state index contributed by atoms with van der Waals surface area (Å²) in [6, 6.07) is 9.51. The standard InChI is InChI=1S/C12H12N4O2/c13-10-4-5-11(17)16(15-10)7-8-2-1-3-9(6-8)12(14)18/h1-6H,7H2,(H2,13,15)(H2,14,18). The number of hydrogen-bond acceptors (Lipinski definition) is 4. The maximum atomic E-state index is 11.5. The second kappa shape index (κ2) is 4.70. The first kappa shape index (κ1) is 11.8. The molecule has 0 radical (unpaired) electrons. The lowest BCUT2D eigenvalue weighted by Crippen LogP contribution is -2.23. The van der Waals surface area contributed by atoms with Gasteiger partial charge in [0.15, 0.2) is 0 Å². The van der Waals surface area contributed by atoms with Crippen LogP contribution in [0.1, 0.15) is 15.9 Å². The minimum Gasteiger partial charge on any atom is -0.382 e. The average molecular weight is 244 g/mol. The van der Waals surface area contributed by atoms with Gasteiger partial charge < -0.3 is 11.5 Å². The Hall–Kier alpha value is -2.63. The van der Waals surface area contributed by atoms with E-state index in [1.165, 1.54) is 16.8 Å². The van der Waals surface area contributed by atoms with E-state index in [0.29, 0.717) is 5.56 Å². The molecule has 6 heteroatoms. The van der Waals surface area contributed by atoms with Crippen molar-refractivity contribution >= 4 is 11.7 Å². The molecule has 1 aromatic heterocycles. The van der Waals surface area contributed by atoms with E-state index in [0.717, 1.165) is 5.56 Å². The third kappa shape index (κ3) is 2.54. The summed E-state index contributed by atoms with van der Waals surface area (Å²) in [5, 5.41) is 3.91. The molecule has 0 spiro atoms. The van der Waals surface area contributed by atoms with Gasteiger partial charge in [-0.25, -0.2) is 4.68 Å². The number of primary amides is 1. The fourth-order valence-corrected chi connectivity index (χ4v) is 1.57. The molecule has 2 aromatic rings. The number of benzene rings is 1.